The molecular weight excluding hydrogens is 766 g/mol. The fourth-order valence-corrected chi connectivity index (χ4v) is 7.85. The number of alkyl halides is 3. The van der Waals surface area contributed by atoms with Crippen LogP contribution in [0.4, 0.5) is 33.3 Å². The molecule has 294 valence electrons. The maximum Gasteiger partial charge on any atom is 0.417 e. The summed E-state index contributed by atoms with van der Waals surface area (Å²) in [4.78, 5) is 31.7. The summed E-state index contributed by atoms with van der Waals surface area (Å²) in [5.41, 5.74) is 1.85. The van der Waals surface area contributed by atoms with Gasteiger partial charge in [0, 0.05) is 53.4 Å². The zero-order valence-electron chi connectivity index (χ0n) is 30.9. The number of ketones is 1. The van der Waals surface area contributed by atoms with Crippen LogP contribution in [0.15, 0.2) is 72.8 Å². The number of H-pyrrole nitrogens is 1. The molecule has 9 nitrogen and oxygen atoms in total. The molecule has 1 amide bonds. The number of carbonyl (C=O) groups is 2. The largest absolute Gasteiger partial charge is 0.488 e. The molecule has 1 saturated heterocycles. The highest BCUT2D eigenvalue weighted by Gasteiger charge is 2.51. The van der Waals surface area contributed by atoms with E-state index in [2.05, 4.69) is 10.3 Å². The van der Waals surface area contributed by atoms with Crippen LogP contribution in [-0.2, 0) is 28.7 Å². The molecule has 1 aliphatic carbocycles. The Morgan fingerprint density at radius 3 is 2.42 bits per heavy atom. The fraction of sp³-hybridized carbons (Fsp3) is 0.286. The highest BCUT2D eigenvalue weighted by molar-refractivity contribution is 7.81. The first-order valence-corrected chi connectivity index (χ1v) is 18.6. The van der Waals surface area contributed by atoms with Crippen molar-refractivity contribution in [2.24, 2.45) is 0 Å². The Morgan fingerprint density at radius 1 is 0.947 bits per heavy atom. The smallest absolute Gasteiger partial charge is 0.417 e. The van der Waals surface area contributed by atoms with Gasteiger partial charge in [-0.1, -0.05) is 24.3 Å². The van der Waals surface area contributed by atoms with Crippen LogP contribution in [-0.4, -0.2) is 53.7 Å². The highest BCUT2D eigenvalue weighted by Crippen LogP contribution is 2.41. The summed E-state index contributed by atoms with van der Waals surface area (Å²) in [6, 6.07) is 19.2. The topological polar surface area (TPSA) is 111 Å². The number of aromatic amines is 1. The molecule has 4 aromatic carbocycles. The maximum atomic E-state index is 15.2. The molecule has 5 aromatic rings. The first-order valence-electron chi connectivity index (χ1n) is 18.2. The van der Waals surface area contributed by atoms with E-state index in [0.717, 1.165) is 51.2 Å². The van der Waals surface area contributed by atoms with Gasteiger partial charge in [-0.3, -0.25) is 14.5 Å². The van der Waals surface area contributed by atoms with Crippen LogP contribution in [0.1, 0.15) is 59.3 Å². The Bertz CT molecular complexity index is 2440. The molecule has 0 spiro atoms. The number of aryl methyl sites for hydroxylation is 1. The number of anilines is 2. The van der Waals surface area contributed by atoms with Gasteiger partial charge in [0.2, 0.25) is 0 Å². The summed E-state index contributed by atoms with van der Waals surface area (Å²) in [6.07, 6.45) is -3.00. The Labute approximate surface area is 330 Å². The molecule has 2 aliphatic rings. The molecule has 1 aliphatic heterocycles. The molecule has 57 heavy (non-hydrogen) atoms. The van der Waals surface area contributed by atoms with E-state index in [1.165, 1.54) is 55.1 Å². The number of aromatic nitrogens is 1. The zero-order valence-corrected chi connectivity index (χ0v) is 31.7. The summed E-state index contributed by atoms with van der Waals surface area (Å²) in [6.45, 7) is 4.77. The Hall–Kier alpha value is -5.69. The third-order valence-electron chi connectivity index (χ3n) is 10.1. The first-order chi connectivity index (χ1) is 27.2. The van der Waals surface area contributed by atoms with Crippen molar-refractivity contribution in [1.29, 1.82) is 5.26 Å². The van der Waals surface area contributed by atoms with Gasteiger partial charge >= 0.3 is 6.18 Å². The van der Waals surface area contributed by atoms with Gasteiger partial charge in [-0.2, -0.15) is 18.4 Å². The number of amides is 1. The van der Waals surface area contributed by atoms with Crippen molar-refractivity contribution in [2.45, 2.75) is 51.4 Å². The molecule has 0 atom stereocenters. The van der Waals surface area contributed by atoms with Gasteiger partial charge in [0.15, 0.2) is 22.5 Å². The number of ether oxygens (including phenoxy) is 2. The van der Waals surface area contributed by atoms with Crippen molar-refractivity contribution >= 4 is 51.3 Å². The number of thiocarbonyl (C=S) groups is 1. The Balaban J connectivity index is 0.885. The third kappa shape index (κ3) is 7.72. The summed E-state index contributed by atoms with van der Waals surface area (Å²) in [5.74, 6) is -1.91. The second kappa shape index (κ2) is 15.7. The number of carbonyl (C=O) groups excluding carboxylic acids is 2. The summed E-state index contributed by atoms with van der Waals surface area (Å²) in [5, 5.41) is 13.1. The summed E-state index contributed by atoms with van der Waals surface area (Å²) in [7, 11) is 0. The summed E-state index contributed by atoms with van der Waals surface area (Å²) >= 11 is 5.53. The zero-order chi connectivity index (χ0) is 40.6. The van der Waals surface area contributed by atoms with Crippen LogP contribution in [0.25, 0.3) is 22.2 Å². The van der Waals surface area contributed by atoms with E-state index in [1.54, 1.807) is 0 Å². The molecule has 0 unspecified atom stereocenters. The first kappa shape index (κ1) is 39.5. The van der Waals surface area contributed by atoms with Crippen LogP contribution < -0.4 is 19.9 Å². The highest BCUT2D eigenvalue weighted by atomic mass is 32.1. The van der Waals surface area contributed by atoms with E-state index >= 15 is 4.39 Å². The van der Waals surface area contributed by atoms with Gasteiger partial charge in [-0.25, -0.2) is 8.78 Å². The van der Waals surface area contributed by atoms with Gasteiger partial charge in [0.05, 0.1) is 36.1 Å². The van der Waals surface area contributed by atoms with Crippen molar-refractivity contribution in [2.75, 3.05) is 36.2 Å². The van der Waals surface area contributed by atoms with Crippen LogP contribution >= 0.6 is 12.2 Å². The normalized spacial score (nSPS) is 15.4. The molecule has 1 aromatic heterocycles. The molecule has 2 N–H and O–H groups in total. The van der Waals surface area contributed by atoms with Gasteiger partial charge in [-0.15, -0.1) is 0 Å². The van der Waals surface area contributed by atoms with Crippen molar-refractivity contribution < 1.29 is 41.0 Å². The molecule has 7 rings (SSSR count). The number of nitriles is 1. The number of benzene rings is 4. The average molecular weight is 802 g/mol. The monoisotopic (exact) mass is 801 g/mol. The number of nitrogens with one attached hydrogen (secondary N) is 2. The van der Waals surface area contributed by atoms with E-state index in [4.69, 9.17) is 27.0 Å². The van der Waals surface area contributed by atoms with Gasteiger partial charge in [-0.05, 0) is 98.1 Å². The van der Waals surface area contributed by atoms with Gasteiger partial charge < -0.3 is 24.7 Å². The SMILES string of the molecule is CC1(C)C(=O)N(c2ccc(C#N)c(C(F)(F)F)c2)C(=S)N1c1ccc(OCCOCCNCc2ccc(-c3[nH]c4cc(F)cc5c4c3CCCC5=O)cc2)c(F)c1. The lowest BCUT2D eigenvalue weighted by Gasteiger charge is -2.29. The predicted octanol–water partition coefficient (Wildman–Crippen LogP) is 8.62. The van der Waals surface area contributed by atoms with Crippen LogP contribution in [0.5, 0.6) is 5.75 Å². The third-order valence-corrected chi connectivity index (χ3v) is 10.5. The second-order valence-corrected chi connectivity index (χ2v) is 14.6. The standard InChI is InChI=1S/C42H36F5N5O4S/c1-41(2)39(54)51(28-11-10-26(22-48)32(20-28)42(45,46)47)40(57)52(41)29-12-13-36(33(44)21-29)56-17-16-55-15-14-49-23-24-6-8-25(9-7-24)38-30-4-3-5-35(53)31-18-27(43)19-34(50-38)37(30)31/h6-13,18-21,49-50H,3-5,14-17,23H2,1-2H3. The minimum absolute atomic E-state index is 0.0359. The van der Waals surface area contributed by atoms with E-state index in [9.17, 15) is 27.2 Å². The van der Waals surface area contributed by atoms with Crippen LogP contribution in [0.2, 0.25) is 0 Å². The number of hydrogen-bond acceptors (Lipinski definition) is 7. The van der Waals surface area contributed by atoms with E-state index in [0.29, 0.717) is 49.7 Å². The predicted molar refractivity (Wildman–Crippen MR) is 208 cm³/mol. The minimum Gasteiger partial charge on any atom is -0.488 e. The molecule has 2 heterocycles. The molecule has 1 fully saturated rings. The van der Waals surface area contributed by atoms with Crippen LogP contribution in [0, 0.1) is 23.0 Å². The van der Waals surface area contributed by atoms with E-state index in [-0.39, 0.29) is 41.2 Å². The van der Waals surface area contributed by atoms with Crippen molar-refractivity contribution in [3.63, 3.8) is 0 Å². The number of halogens is 5. The lowest BCUT2D eigenvalue weighted by atomic mass is 9.99. The number of hydrogen-bond donors (Lipinski definition) is 2. The van der Waals surface area contributed by atoms with E-state index < -0.39 is 40.4 Å². The Morgan fingerprint density at radius 2 is 1.70 bits per heavy atom. The van der Waals surface area contributed by atoms with Crippen molar-refractivity contribution in [3.05, 3.63) is 112 Å². The number of rotatable bonds is 12. The number of nitrogens with zero attached hydrogens (tertiary/aromatic N) is 3. The quantitative estimate of drug-likeness (QED) is 0.0734. The maximum absolute atomic E-state index is 15.2. The molecule has 0 bridgehead atoms. The molecule has 0 radical (unpaired) electrons. The van der Waals surface area contributed by atoms with E-state index in [1.807, 2.05) is 24.3 Å². The van der Waals surface area contributed by atoms with Crippen molar-refractivity contribution in [1.82, 2.24) is 10.3 Å². The molecule has 15 heteroatoms. The van der Waals surface area contributed by atoms with Crippen molar-refractivity contribution in [3.8, 4) is 23.1 Å². The van der Waals surface area contributed by atoms with Gasteiger partial charge in [0.1, 0.15) is 18.0 Å². The lowest BCUT2D eigenvalue weighted by molar-refractivity contribution is -0.137. The molecular formula is C42H36F5N5O4S. The lowest BCUT2D eigenvalue weighted by Crippen LogP contribution is -2.44. The summed E-state index contributed by atoms with van der Waals surface area (Å²) < 4.78 is 81.7. The fourth-order valence-electron chi connectivity index (χ4n) is 7.33. The number of Topliss-reactive ketones (excluding diaryl/α,β-unsaturated/α-hetero) is 1. The second-order valence-electron chi connectivity index (χ2n) is 14.2. The Kier molecular flexibility index (Phi) is 10.9. The molecule has 0 saturated carbocycles. The van der Waals surface area contributed by atoms with Gasteiger partial charge in [0.25, 0.3) is 5.91 Å². The average Bonchev–Trinajstić information content (AvgIpc) is 3.54. The van der Waals surface area contributed by atoms with Crippen LogP contribution in [0.3, 0.4) is 0 Å². The minimum atomic E-state index is -4.84.